The summed E-state index contributed by atoms with van der Waals surface area (Å²) in [5.74, 6) is 0.768. The monoisotopic (exact) mass is 480 g/mol. The van der Waals surface area contributed by atoms with Gasteiger partial charge in [0.2, 0.25) is 0 Å². The highest BCUT2D eigenvalue weighted by molar-refractivity contribution is 7.99. The van der Waals surface area contributed by atoms with Gasteiger partial charge in [0.15, 0.2) is 11.6 Å². The minimum absolute atomic E-state index is 0.0468. The van der Waals surface area contributed by atoms with Crippen LogP contribution in [-0.4, -0.2) is 33.8 Å². The topological polar surface area (TPSA) is 111 Å². The first kappa shape index (κ1) is 22.1. The smallest absolute Gasteiger partial charge is 0.181 e. The van der Waals surface area contributed by atoms with Crippen molar-refractivity contribution in [2.75, 3.05) is 23.7 Å². The van der Waals surface area contributed by atoms with Crippen molar-refractivity contribution < 1.29 is 4.79 Å². The summed E-state index contributed by atoms with van der Waals surface area (Å²) in [5, 5.41) is 0.950. The van der Waals surface area contributed by atoms with Crippen LogP contribution in [0.25, 0.3) is 0 Å². The van der Waals surface area contributed by atoms with E-state index in [2.05, 4.69) is 44.1 Å². The molecule has 0 radical (unpaired) electrons. The zero-order valence-corrected chi connectivity index (χ0v) is 19.9. The van der Waals surface area contributed by atoms with Gasteiger partial charge < -0.3 is 16.4 Å². The summed E-state index contributed by atoms with van der Waals surface area (Å²) in [7, 11) is 0. The van der Waals surface area contributed by atoms with Crippen LogP contribution in [0.1, 0.15) is 47.4 Å². The van der Waals surface area contributed by atoms with Crippen LogP contribution in [0.3, 0.4) is 0 Å². The van der Waals surface area contributed by atoms with Crippen LogP contribution in [0.5, 0.6) is 0 Å². The number of Topliss-reactive ketones (excluding diaryl/α,β-unsaturated/α-hetero) is 1. The second-order valence-corrected chi connectivity index (χ2v) is 10.2. The Balaban J connectivity index is 1.36. The van der Waals surface area contributed by atoms with E-state index in [1.165, 1.54) is 29.8 Å². The van der Waals surface area contributed by atoms with Gasteiger partial charge in [-0.2, -0.15) is 0 Å². The Morgan fingerprint density at radius 1 is 1.21 bits per heavy atom. The van der Waals surface area contributed by atoms with Gasteiger partial charge in [-0.05, 0) is 41.9 Å². The Morgan fingerprint density at radius 2 is 1.97 bits per heavy atom. The lowest BCUT2D eigenvalue weighted by Gasteiger charge is -2.42. The van der Waals surface area contributed by atoms with Gasteiger partial charge in [-0.15, -0.1) is 0 Å². The Labute approximate surface area is 202 Å². The molecule has 33 heavy (non-hydrogen) atoms. The molecular weight excluding hydrogens is 456 g/mol. The number of aromatic nitrogens is 3. The number of fused-ring (bicyclic) bond motifs is 1. The van der Waals surface area contributed by atoms with Gasteiger partial charge in [0.05, 0.1) is 11.2 Å². The quantitative estimate of drug-likeness (QED) is 0.531. The number of halogens is 1. The molecular formula is C24H25ClN6OS. The van der Waals surface area contributed by atoms with Crippen LogP contribution >= 0.6 is 23.4 Å². The van der Waals surface area contributed by atoms with Crippen molar-refractivity contribution >= 4 is 40.8 Å². The summed E-state index contributed by atoms with van der Waals surface area (Å²) in [6.07, 6.45) is 6.18. The fraction of sp³-hybridized carbons (Fsp3) is 0.333. The van der Waals surface area contributed by atoms with E-state index < -0.39 is 0 Å². The third-order valence-corrected chi connectivity index (χ3v) is 8.29. The van der Waals surface area contributed by atoms with Crippen LogP contribution in [-0.2, 0) is 6.42 Å². The van der Waals surface area contributed by atoms with Gasteiger partial charge >= 0.3 is 0 Å². The van der Waals surface area contributed by atoms with Gasteiger partial charge in [-0.1, -0.05) is 47.6 Å². The lowest BCUT2D eigenvalue weighted by atomic mass is 9.73. The molecule has 9 heteroatoms. The van der Waals surface area contributed by atoms with E-state index in [1.54, 1.807) is 18.5 Å². The molecule has 1 aliphatic heterocycles. The lowest BCUT2D eigenvalue weighted by Crippen LogP contribution is -2.45. The fourth-order valence-corrected chi connectivity index (χ4v) is 6.00. The molecule has 1 spiro atoms. The Bertz CT molecular complexity index is 1230. The highest BCUT2D eigenvalue weighted by atomic mass is 35.5. The van der Waals surface area contributed by atoms with E-state index >= 15 is 0 Å². The third kappa shape index (κ3) is 3.96. The molecule has 1 fully saturated rings. The van der Waals surface area contributed by atoms with E-state index in [0.29, 0.717) is 21.6 Å². The SMILES string of the molecule is CC(=O)c1nc(Sc2ccnc(N)c2Cl)cnc1N1CCC2(CC1)Cc1ccccc1[C@H]2N. The predicted molar refractivity (Wildman–Crippen MR) is 131 cm³/mol. The second kappa shape index (κ2) is 8.59. The van der Waals surface area contributed by atoms with Crippen molar-refractivity contribution in [1.29, 1.82) is 0 Å². The number of hydrogen-bond donors (Lipinski definition) is 2. The van der Waals surface area contributed by atoms with E-state index in [-0.39, 0.29) is 23.1 Å². The number of anilines is 2. The van der Waals surface area contributed by atoms with Crippen LogP contribution in [0.2, 0.25) is 5.02 Å². The molecule has 0 bridgehead atoms. The van der Waals surface area contributed by atoms with Crippen molar-refractivity contribution in [1.82, 2.24) is 15.0 Å². The maximum Gasteiger partial charge on any atom is 0.181 e. The van der Waals surface area contributed by atoms with Crippen LogP contribution in [0.15, 0.2) is 52.6 Å². The summed E-state index contributed by atoms with van der Waals surface area (Å²) >= 11 is 7.57. The zero-order chi connectivity index (χ0) is 23.2. The number of pyridine rings is 1. The summed E-state index contributed by atoms with van der Waals surface area (Å²) in [6, 6.07) is 10.3. The van der Waals surface area contributed by atoms with E-state index in [9.17, 15) is 4.79 Å². The molecule has 1 atom stereocenters. The van der Waals surface area contributed by atoms with E-state index in [4.69, 9.17) is 23.1 Å². The average molecular weight is 481 g/mol. The molecule has 4 N–H and O–H groups in total. The molecule has 5 rings (SSSR count). The molecule has 0 saturated carbocycles. The summed E-state index contributed by atoms with van der Waals surface area (Å²) in [5.41, 5.74) is 15.6. The van der Waals surface area contributed by atoms with E-state index in [0.717, 1.165) is 37.2 Å². The van der Waals surface area contributed by atoms with Crippen molar-refractivity contribution in [3.8, 4) is 0 Å². The van der Waals surface area contributed by atoms with Gasteiger partial charge in [-0.3, -0.25) is 4.79 Å². The number of carbonyl (C=O) groups is 1. The molecule has 170 valence electrons. The number of ketones is 1. The molecule has 2 aromatic heterocycles. The maximum absolute atomic E-state index is 12.5. The molecule has 1 saturated heterocycles. The van der Waals surface area contributed by atoms with Crippen molar-refractivity contribution in [2.45, 2.75) is 42.1 Å². The number of carbonyl (C=O) groups excluding carboxylic acids is 1. The van der Waals surface area contributed by atoms with Gasteiger partial charge in [0.1, 0.15) is 16.5 Å². The van der Waals surface area contributed by atoms with Crippen LogP contribution < -0.4 is 16.4 Å². The Kier molecular flexibility index (Phi) is 5.76. The zero-order valence-electron chi connectivity index (χ0n) is 18.3. The number of nitrogens with zero attached hydrogens (tertiary/aromatic N) is 4. The standard InChI is InChI=1S/C24H25ClN6OS/c1-14(32)20-23(29-13-18(30-20)33-17-6-9-28-22(27)19(17)25)31-10-7-24(8-11-31)12-15-4-2-3-5-16(15)21(24)26/h2-6,9,13,21H,7-8,10-12,26H2,1H3,(H2,27,28)/t21-/m1/s1. The van der Waals surface area contributed by atoms with Crippen LogP contribution in [0.4, 0.5) is 11.6 Å². The molecule has 0 amide bonds. The van der Waals surface area contributed by atoms with Crippen molar-refractivity contribution in [3.63, 3.8) is 0 Å². The fourth-order valence-electron chi connectivity index (χ4n) is 4.99. The van der Waals surface area contributed by atoms with Crippen LogP contribution in [0, 0.1) is 5.41 Å². The maximum atomic E-state index is 12.5. The number of hydrogen-bond acceptors (Lipinski definition) is 8. The first-order valence-electron chi connectivity index (χ1n) is 10.9. The van der Waals surface area contributed by atoms with E-state index in [1.807, 2.05) is 0 Å². The summed E-state index contributed by atoms with van der Waals surface area (Å²) in [4.78, 5) is 28.6. The minimum atomic E-state index is -0.120. The molecule has 7 nitrogen and oxygen atoms in total. The first-order valence-corrected chi connectivity index (χ1v) is 12.1. The number of nitrogen functional groups attached to an aromatic ring is 1. The summed E-state index contributed by atoms with van der Waals surface area (Å²) in [6.45, 7) is 3.10. The second-order valence-electron chi connectivity index (χ2n) is 8.75. The van der Waals surface area contributed by atoms with Gasteiger partial charge in [-0.25, -0.2) is 15.0 Å². The number of rotatable bonds is 4. The third-order valence-electron chi connectivity index (χ3n) is 6.81. The van der Waals surface area contributed by atoms with Gasteiger partial charge in [0.25, 0.3) is 0 Å². The number of nitrogens with two attached hydrogens (primary N) is 2. The molecule has 3 heterocycles. The molecule has 1 aliphatic carbocycles. The molecule has 3 aromatic rings. The number of piperidine rings is 1. The molecule has 2 aliphatic rings. The molecule has 0 unspecified atom stereocenters. The first-order chi connectivity index (χ1) is 15.9. The summed E-state index contributed by atoms with van der Waals surface area (Å²) < 4.78 is 0. The Hall–Kier alpha value is -2.68. The van der Waals surface area contributed by atoms with Crippen molar-refractivity contribution in [2.24, 2.45) is 11.1 Å². The average Bonchev–Trinajstić information content (AvgIpc) is 3.09. The highest BCUT2D eigenvalue weighted by Crippen LogP contribution is 2.51. The highest BCUT2D eigenvalue weighted by Gasteiger charge is 2.46. The largest absolute Gasteiger partial charge is 0.382 e. The predicted octanol–water partition coefficient (Wildman–Crippen LogP) is 4.30. The lowest BCUT2D eigenvalue weighted by molar-refractivity contribution is 0.101. The van der Waals surface area contributed by atoms with Crippen molar-refractivity contribution in [3.05, 3.63) is 64.6 Å². The molecule has 1 aromatic carbocycles. The normalized spacial score (nSPS) is 19.0. The van der Waals surface area contributed by atoms with Gasteiger partial charge in [0, 0.05) is 37.1 Å². The number of benzene rings is 1. The minimum Gasteiger partial charge on any atom is -0.382 e. The Morgan fingerprint density at radius 3 is 2.70 bits per heavy atom.